The average molecular weight is 490 g/mol. The van der Waals surface area contributed by atoms with Gasteiger partial charge in [-0.1, -0.05) is 6.42 Å². The molecule has 0 aromatic carbocycles. The summed E-state index contributed by atoms with van der Waals surface area (Å²) < 4.78 is 9.72. The van der Waals surface area contributed by atoms with Crippen molar-refractivity contribution in [2.45, 2.75) is 84.0 Å². The van der Waals surface area contributed by atoms with Crippen LogP contribution in [0.4, 0.5) is 5.69 Å². The Kier molecular flexibility index (Phi) is 5.40. The van der Waals surface area contributed by atoms with Crippen molar-refractivity contribution in [3.8, 4) is 0 Å². The van der Waals surface area contributed by atoms with Crippen molar-refractivity contribution in [1.82, 2.24) is 29.9 Å². The minimum Gasteiger partial charge on any atom is -0.378 e. The quantitative estimate of drug-likeness (QED) is 0.590. The lowest BCUT2D eigenvalue weighted by molar-refractivity contribution is -0.0311. The molecule has 1 N–H and O–H groups in total. The topological polar surface area (TPSA) is 73.0 Å². The van der Waals surface area contributed by atoms with Crippen LogP contribution >= 0.6 is 0 Å². The molecular weight excluding hydrogens is 450 g/mol. The van der Waals surface area contributed by atoms with Gasteiger partial charge in [0.2, 0.25) is 0 Å². The minimum absolute atomic E-state index is 0.421. The Hall–Kier alpha value is -2.45. The van der Waals surface area contributed by atoms with Crippen LogP contribution in [0.15, 0.2) is 12.3 Å². The van der Waals surface area contributed by atoms with Crippen LogP contribution in [-0.4, -0.2) is 56.4 Å². The third kappa shape index (κ3) is 3.76. The van der Waals surface area contributed by atoms with Crippen LogP contribution in [0.1, 0.15) is 61.2 Å². The van der Waals surface area contributed by atoms with E-state index >= 15 is 0 Å². The van der Waals surface area contributed by atoms with Crippen molar-refractivity contribution >= 4 is 16.7 Å². The maximum atomic E-state index is 5.41. The number of nitrogens with zero attached hydrogens (tertiary/aromatic N) is 6. The van der Waals surface area contributed by atoms with E-state index in [1.54, 1.807) is 0 Å². The first-order valence-corrected chi connectivity index (χ1v) is 13.9. The second kappa shape index (κ2) is 8.55. The highest BCUT2D eigenvalue weighted by Gasteiger charge is 2.45. The highest BCUT2D eigenvalue weighted by Crippen LogP contribution is 2.50. The molecule has 192 valence electrons. The zero-order valence-corrected chi connectivity index (χ0v) is 22.0. The third-order valence-electron chi connectivity index (χ3n) is 9.59. The van der Waals surface area contributed by atoms with Gasteiger partial charge in [-0.15, -0.1) is 0 Å². The number of aromatic nitrogens is 5. The van der Waals surface area contributed by atoms with Gasteiger partial charge in [0.1, 0.15) is 0 Å². The average Bonchev–Trinajstić information content (AvgIpc) is 3.36. The van der Waals surface area contributed by atoms with Crippen molar-refractivity contribution in [1.29, 1.82) is 0 Å². The lowest BCUT2D eigenvalue weighted by atomic mass is 9.60. The van der Waals surface area contributed by atoms with E-state index in [2.05, 4.69) is 39.9 Å². The Labute approximate surface area is 213 Å². The van der Waals surface area contributed by atoms with Gasteiger partial charge in [-0.2, -0.15) is 10.2 Å². The molecule has 0 spiro atoms. The predicted octanol–water partition coefficient (Wildman–Crippen LogP) is 3.67. The number of nitrogens with one attached hydrogen (secondary N) is 1. The van der Waals surface area contributed by atoms with Crippen molar-refractivity contribution in [3.63, 3.8) is 0 Å². The predicted molar refractivity (Wildman–Crippen MR) is 140 cm³/mol. The van der Waals surface area contributed by atoms with Gasteiger partial charge in [0.15, 0.2) is 5.65 Å². The number of hydrogen-bond donors (Lipinski definition) is 1. The summed E-state index contributed by atoms with van der Waals surface area (Å²) in [6.07, 6.45) is 11.1. The first-order chi connectivity index (χ1) is 17.5. The fraction of sp³-hybridized carbons (Fsp3) is 0.679. The van der Waals surface area contributed by atoms with Crippen LogP contribution in [0, 0.1) is 25.2 Å². The number of anilines is 1. The van der Waals surface area contributed by atoms with Gasteiger partial charge in [0, 0.05) is 56.1 Å². The van der Waals surface area contributed by atoms with Crippen LogP contribution in [0.3, 0.4) is 0 Å². The second-order valence-electron chi connectivity index (χ2n) is 12.0. The largest absolute Gasteiger partial charge is 0.378 e. The summed E-state index contributed by atoms with van der Waals surface area (Å²) in [5.74, 6) is 0.813. The molecule has 0 radical (unpaired) electrons. The highest BCUT2D eigenvalue weighted by molar-refractivity contribution is 5.89. The Bertz CT molecular complexity index is 1290. The molecule has 2 aliphatic carbocycles. The van der Waals surface area contributed by atoms with Gasteiger partial charge in [-0.25, -0.2) is 4.98 Å². The second-order valence-corrected chi connectivity index (χ2v) is 12.0. The molecule has 5 heterocycles. The molecule has 8 nitrogen and oxygen atoms in total. The summed E-state index contributed by atoms with van der Waals surface area (Å²) >= 11 is 0. The molecule has 7 rings (SSSR count). The summed E-state index contributed by atoms with van der Waals surface area (Å²) in [6.45, 7) is 9.11. The summed E-state index contributed by atoms with van der Waals surface area (Å²) in [5.41, 5.74) is 7.78. The number of ether oxygens (including phenoxy) is 1. The Morgan fingerprint density at radius 2 is 2.08 bits per heavy atom. The molecule has 2 saturated carbocycles. The Morgan fingerprint density at radius 3 is 2.92 bits per heavy atom. The monoisotopic (exact) mass is 489 g/mol. The molecule has 3 fully saturated rings. The molecule has 3 aromatic rings. The zero-order chi connectivity index (χ0) is 24.4. The maximum Gasteiger partial charge on any atom is 0.159 e. The molecule has 2 bridgehead atoms. The van der Waals surface area contributed by atoms with Crippen molar-refractivity contribution in [2.75, 3.05) is 24.7 Å². The molecule has 4 aliphatic rings. The van der Waals surface area contributed by atoms with Crippen LogP contribution in [0.25, 0.3) is 11.0 Å². The molecule has 8 heteroatoms. The zero-order valence-electron chi connectivity index (χ0n) is 22.0. The first-order valence-electron chi connectivity index (χ1n) is 13.9. The van der Waals surface area contributed by atoms with E-state index in [9.17, 15) is 0 Å². The molecular formula is C28H39N7O. The fourth-order valence-electron chi connectivity index (χ4n) is 7.64. The summed E-state index contributed by atoms with van der Waals surface area (Å²) in [7, 11) is 1.97. The smallest absolute Gasteiger partial charge is 0.159 e. The normalized spacial score (nSPS) is 28.4. The molecule has 3 unspecified atom stereocenters. The van der Waals surface area contributed by atoms with Crippen LogP contribution in [-0.2, 0) is 31.3 Å². The van der Waals surface area contributed by atoms with E-state index in [0.29, 0.717) is 17.5 Å². The molecule has 36 heavy (non-hydrogen) atoms. The number of aryl methyl sites for hydroxylation is 3. The van der Waals surface area contributed by atoms with Crippen LogP contribution in [0.2, 0.25) is 0 Å². The van der Waals surface area contributed by atoms with E-state index in [1.165, 1.54) is 61.2 Å². The lowest BCUT2D eigenvalue weighted by Gasteiger charge is -2.50. The maximum absolute atomic E-state index is 5.41. The van der Waals surface area contributed by atoms with Crippen molar-refractivity contribution in [2.24, 2.45) is 18.4 Å². The van der Waals surface area contributed by atoms with Crippen LogP contribution in [0.5, 0.6) is 0 Å². The van der Waals surface area contributed by atoms with Crippen molar-refractivity contribution in [3.05, 3.63) is 34.9 Å². The van der Waals surface area contributed by atoms with E-state index in [-0.39, 0.29) is 0 Å². The Balaban J connectivity index is 1.12. The van der Waals surface area contributed by atoms with Crippen molar-refractivity contribution < 1.29 is 4.74 Å². The number of rotatable bonds is 5. The first kappa shape index (κ1) is 22.7. The number of hydrogen-bond acceptors (Lipinski definition) is 6. The van der Waals surface area contributed by atoms with E-state index in [0.717, 1.165) is 61.9 Å². The molecule has 1 saturated heterocycles. The summed E-state index contributed by atoms with van der Waals surface area (Å²) in [5, 5.41) is 14.7. The number of pyridine rings is 1. The van der Waals surface area contributed by atoms with Gasteiger partial charge in [0.25, 0.3) is 0 Å². The van der Waals surface area contributed by atoms with Gasteiger partial charge < -0.3 is 15.0 Å². The molecule has 0 amide bonds. The third-order valence-corrected chi connectivity index (χ3v) is 9.59. The van der Waals surface area contributed by atoms with Gasteiger partial charge in [0.05, 0.1) is 42.2 Å². The SMILES string of the molecule is Cc1cc(N2CCc3c(c(C)nn3CC34CCCC(C3)C(NC3COC3)CC4)C2)c2cnn(C)c2n1. The molecule has 3 aromatic heterocycles. The highest BCUT2D eigenvalue weighted by atomic mass is 16.5. The summed E-state index contributed by atoms with van der Waals surface area (Å²) in [4.78, 5) is 7.24. The van der Waals surface area contributed by atoms with E-state index in [4.69, 9.17) is 14.8 Å². The van der Waals surface area contributed by atoms with Gasteiger partial charge >= 0.3 is 0 Å². The molecule has 2 aliphatic heterocycles. The fourth-order valence-corrected chi connectivity index (χ4v) is 7.64. The summed E-state index contributed by atoms with van der Waals surface area (Å²) in [6, 6.07) is 3.49. The minimum atomic E-state index is 0.421. The van der Waals surface area contributed by atoms with E-state index < -0.39 is 0 Å². The molecule has 3 atom stereocenters. The van der Waals surface area contributed by atoms with Gasteiger partial charge in [-0.05, 0) is 63.4 Å². The van der Waals surface area contributed by atoms with Crippen LogP contribution < -0.4 is 10.2 Å². The van der Waals surface area contributed by atoms with E-state index in [1.807, 2.05) is 17.9 Å². The van der Waals surface area contributed by atoms with Gasteiger partial charge in [-0.3, -0.25) is 9.36 Å². The Morgan fingerprint density at radius 1 is 1.19 bits per heavy atom. The standard InChI is InChI=1S/C28H39N7O/c1-18-11-26(22-13-29-33(3)27(22)30-18)34-10-7-25-23(14-34)19(2)32-35(25)17-28-8-4-5-20(12-28)24(6-9-28)31-21-15-36-16-21/h11,13,20-21,24,31H,4-10,12,14-17H2,1-3H3. The lowest BCUT2D eigenvalue weighted by Crippen LogP contribution is -2.56. The number of fused-ring (bicyclic) bond motifs is 4.